The first-order chi connectivity index (χ1) is 13.3. The van der Waals surface area contributed by atoms with E-state index in [1.807, 2.05) is 0 Å². The predicted molar refractivity (Wildman–Crippen MR) is 111 cm³/mol. The number of rotatable bonds is 6. The van der Waals surface area contributed by atoms with Crippen LogP contribution in [0.4, 0.5) is 0 Å². The molecule has 2 aromatic carbocycles. The summed E-state index contributed by atoms with van der Waals surface area (Å²) in [5, 5.41) is 0. The Balaban J connectivity index is 1.38. The summed E-state index contributed by atoms with van der Waals surface area (Å²) in [7, 11) is 0. The first-order valence-corrected chi connectivity index (χ1v) is 10.7. The summed E-state index contributed by atoms with van der Waals surface area (Å²) in [4.78, 5) is 5.11. The molecule has 3 heteroatoms. The van der Waals surface area contributed by atoms with Crippen LogP contribution < -0.4 is 4.74 Å². The number of ether oxygens (including phenoxy) is 1. The summed E-state index contributed by atoms with van der Waals surface area (Å²) in [6, 6.07) is 17.2. The minimum absolute atomic E-state index is 0.944. The van der Waals surface area contributed by atoms with Gasteiger partial charge in [-0.2, -0.15) is 0 Å². The summed E-state index contributed by atoms with van der Waals surface area (Å²) in [5.74, 6) is 1.89. The van der Waals surface area contributed by atoms with Gasteiger partial charge in [-0.15, -0.1) is 0 Å². The molecular formula is C24H32N2O. The van der Waals surface area contributed by atoms with Gasteiger partial charge in [0, 0.05) is 13.1 Å². The SMILES string of the molecule is c1cc(CN2CCCCC2)cc(Oc2cccc(CN3CCCCC3)c2)c1. The van der Waals surface area contributed by atoms with Crippen LogP contribution in [0, 0.1) is 0 Å². The van der Waals surface area contributed by atoms with Crippen LogP contribution in [0.3, 0.4) is 0 Å². The van der Waals surface area contributed by atoms with Gasteiger partial charge >= 0.3 is 0 Å². The lowest BCUT2D eigenvalue weighted by atomic mass is 10.1. The molecule has 2 aromatic rings. The Morgan fingerprint density at radius 2 is 1.04 bits per heavy atom. The fourth-order valence-electron chi connectivity index (χ4n) is 4.30. The van der Waals surface area contributed by atoms with Crippen LogP contribution in [0.1, 0.15) is 49.7 Å². The summed E-state index contributed by atoms with van der Waals surface area (Å²) in [6.45, 7) is 6.97. The minimum Gasteiger partial charge on any atom is -0.457 e. The Bertz CT molecular complexity index is 656. The van der Waals surface area contributed by atoms with Crippen molar-refractivity contribution in [2.75, 3.05) is 26.2 Å². The van der Waals surface area contributed by atoms with Gasteiger partial charge in [0.15, 0.2) is 0 Å². The number of piperidine rings is 2. The lowest BCUT2D eigenvalue weighted by Gasteiger charge is -2.26. The number of nitrogens with zero attached hydrogens (tertiary/aromatic N) is 2. The van der Waals surface area contributed by atoms with Crippen molar-refractivity contribution in [3.8, 4) is 11.5 Å². The molecular weight excluding hydrogens is 332 g/mol. The molecule has 3 nitrogen and oxygen atoms in total. The summed E-state index contributed by atoms with van der Waals surface area (Å²) >= 11 is 0. The zero-order valence-corrected chi connectivity index (χ0v) is 16.4. The van der Waals surface area contributed by atoms with Gasteiger partial charge in [0.2, 0.25) is 0 Å². The second-order valence-electron chi connectivity index (χ2n) is 8.07. The fraction of sp³-hybridized carbons (Fsp3) is 0.500. The van der Waals surface area contributed by atoms with E-state index in [0.717, 1.165) is 24.6 Å². The molecule has 0 spiro atoms. The van der Waals surface area contributed by atoms with Crippen molar-refractivity contribution < 1.29 is 4.74 Å². The Hall–Kier alpha value is -1.84. The Morgan fingerprint density at radius 3 is 1.48 bits per heavy atom. The van der Waals surface area contributed by atoms with E-state index >= 15 is 0 Å². The van der Waals surface area contributed by atoms with Crippen molar-refractivity contribution in [1.82, 2.24) is 9.80 Å². The van der Waals surface area contributed by atoms with Crippen LogP contribution >= 0.6 is 0 Å². The van der Waals surface area contributed by atoms with Gasteiger partial charge in [-0.3, -0.25) is 9.80 Å². The molecule has 2 aliphatic heterocycles. The molecule has 0 saturated carbocycles. The first kappa shape index (κ1) is 18.5. The molecule has 144 valence electrons. The Labute approximate surface area is 163 Å². The van der Waals surface area contributed by atoms with Crippen molar-refractivity contribution in [2.45, 2.75) is 51.6 Å². The monoisotopic (exact) mass is 364 g/mol. The Morgan fingerprint density at radius 1 is 0.593 bits per heavy atom. The van der Waals surface area contributed by atoms with Crippen molar-refractivity contribution in [3.63, 3.8) is 0 Å². The van der Waals surface area contributed by atoms with E-state index in [0.29, 0.717) is 0 Å². The highest BCUT2D eigenvalue weighted by Crippen LogP contribution is 2.25. The van der Waals surface area contributed by atoms with Gasteiger partial charge in [-0.05, 0) is 87.3 Å². The second-order valence-corrected chi connectivity index (χ2v) is 8.07. The van der Waals surface area contributed by atoms with Gasteiger partial charge in [0.1, 0.15) is 11.5 Å². The van der Waals surface area contributed by atoms with Crippen LogP contribution in [0.25, 0.3) is 0 Å². The topological polar surface area (TPSA) is 15.7 Å². The van der Waals surface area contributed by atoms with Gasteiger partial charge in [-0.25, -0.2) is 0 Å². The number of benzene rings is 2. The zero-order valence-electron chi connectivity index (χ0n) is 16.4. The van der Waals surface area contributed by atoms with E-state index in [2.05, 4.69) is 58.3 Å². The molecule has 0 unspecified atom stereocenters. The molecule has 27 heavy (non-hydrogen) atoms. The van der Waals surface area contributed by atoms with Crippen LogP contribution in [0.2, 0.25) is 0 Å². The third kappa shape index (κ3) is 5.57. The van der Waals surface area contributed by atoms with Crippen molar-refractivity contribution in [2.24, 2.45) is 0 Å². The van der Waals surface area contributed by atoms with Gasteiger partial charge in [0.25, 0.3) is 0 Å². The molecule has 2 saturated heterocycles. The summed E-state index contributed by atoms with van der Waals surface area (Å²) in [6.07, 6.45) is 8.10. The van der Waals surface area contributed by atoms with Crippen molar-refractivity contribution in [1.29, 1.82) is 0 Å². The van der Waals surface area contributed by atoms with Crippen LogP contribution in [-0.2, 0) is 13.1 Å². The second kappa shape index (κ2) is 9.38. The summed E-state index contributed by atoms with van der Waals surface area (Å²) < 4.78 is 6.20. The highest BCUT2D eigenvalue weighted by atomic mass is 16.5. The van der Waals surface area contributed by atoms with E-state index < -0.39 is 0 Å². The first-order valence-electron chi connectivity index (χ1n) is 10.7. The minimum atomic E-state index is 0.944. The summed E-state index contributed by atoms with van der Waals surface area (Å²) in [5.41, 5.74) is 2.69. The normalized spacial score (nSPS) is 19.1. The maximum absolute atomic E-state index is 6.20. The van der Waals surface area contributed by atoms with E-state index in [-0.39, 0.29) is 0 Å². The lowest BCUT2D eigenvalue weighted by molar-refractivity contribution is 0.220. The van der Waals surface area contributed by atoms with Gasteiger partial charge in [0.05, 0.1) is 0 Å². The predicted octanol–water partition coefficient (Wildman–Crippen LogP) is 5.45. The molecule has 0 bridgehead atoms. The lowest BCUT2D eigenvalue weighted by Crippen LogP contribution is -2.29. The number of hydrogen-bond acceptors (Lipinski definition) is 3. The maximum Gasteiger partial charge on any atom is 0.127 e. The molecule has 2 aliphatic rings. The molecule has 0 aromatic heterocycles. The van der Waals surface area contributed by atoms with Crippen molar-refractivity contribution in [3.05, 3.63) is 59.7 Å². The molecule has 2 fully saturated rings. The quantitative estimate of drug-likeness (QED) is 0.678. The smallest absolute Gasteiger partial charge is 0.127 e. The zero-order chi connectivity index (χ0) is 18.3. The van der Waals surface area contributed by atoms with E-state index in [1.165, 1.54) is 75.8 Å². The molecule has 0 radical (unpaired) electrons. The van der Waals surface area contributed by atoms with Crippen LogP contribution in [-0.4, -0.2) is 36.0 Å². The standard InChI is InChI=1S/C24H32N2O/c1-3-13-25(14-4-1)19-21-9-7-11-23(17-21)27-24-12-8-10-22(18-24)20-26-15-5-2-6-16-26/h7-12,17-18H,1-6,13-16,19-20H2. The van der Waals surface area contributed by atoms with Crippen LogP contribution in [0.15, 0.2) is 48.5 Å². The largest absolute Gasteiger partial charge is 0.457 e. The highest BCUT2D eigenvalue weighted by Gasteiger charge is 2.12. The maximum atomic E-state index is 6.20. The molecule has 0 amide bonds. The third-order valence-corrected chi connectivity index (χ3v) is 5.74. The van der Waals surface area contributed by atoms with E-state index in [9.17, 15) is 0 Å². The molecule has 2 heterocycles. The number of hydrogen-bond donors (Lipinski definition) is 0. The molecule has 4 rings (SSSR count). The fourth-order valence-corrected chi connectivity index (χ4v) is 4.30. The third-order valence-electron chi connectivity index (χ3n) is 5.74. The van der Waals surface area contributed by atoms with E-state index in [4.69, 9.17) is 4.74 Å². The molecule has 0 atom stereocenters. The number of likely N-dealkylation sites (tertiary alicyclic amines) is 2. The highest BCUT2D eigenvalue weighted by molar-refractivity contribution is 5.36. The molecule has 0 aliphatic carbocycles. The van der Waals surface area contributed by atoms with Gasteiger partial charge < -0.3 is 4.74 Å². The van der Waals surface area contributed by atoms with Crippen LogP contribution in [0.5, 0.6) is 11.5 Å². The molecule has 0 N–H and O–H groups in total. The van der Waals surface area contributed by atoms with E-state index in [1.54, 1.807) is 0 Å². The van der Waals surface area contributed by atoms with Crippen molar-refractivity contribution >= 4 is 0 Å². The average Bonchev–Trinajstić information content (AvgIpc) is 2.70. The Kier molecular flexibility index (Phi) is 6.44. The average molecular weight is 365 g/mol. The van der Waals surface area contributed by atoms with Gasteiger partial charge in [-0.1, -0.05) is 37.1 Å².